The Hall–Kier alpha value is -3.06. The maximum absolute atomic E-state index is 13.4. The Balaban J connectivity index is 2.19. The number of alkyl halides is 8. The summed E-state index contributed by atoms with van der Waals surface area (Å²) in [5, 5.41) is 3.17. The van der Waals surface area contributed by atoms with Crippen LogP contribution in [0.1, 0.15) is 5.69 Å². The summed E-state index contributed by atoms with van der Waals surface area (Å²) < 4.78 is 117. The minimum Gasteiger partial charge on any atom is -0.268 e. The topological polar surface area (TPSA) is 52.2 Å². The van der Waals surface area contributed by atoms with E-state index in [9.17, 15) is 44.3 Å². The fourth-order valence-electron chi connectivity index (χ4n) is 2.45. The molecule has 14 heteroatoms. The number of aromatic nitrogens is 4. The highest BCUT2D eigenvalue weighted by Gasteiger charge is 2.57. The molecule has 0 radical (unpaired) electrons. The van der Waals surface area contributed by atoms with E-state index in [0.29, 0.717) is 23.0 Å². The predicted molar refractivity (Wildman–Crippen MR) is 78.6 cm³/mol. The summed E-state index contributed by atoms with van der Waals surface area (Å²) in [7, 11) is 0. The summed E-state index contributed by atoms with van der Waals surface area (Å²) in [4.78, 5) is 15.7. The largest absolute Gasteiger partial charge is 0.455 e. The molecule has 0 bridgehead atoms. The van der Waals surface area contributed by atoms with E-state index in [1.54, 1.807) is 0 Å². The average molecular weight is 430 g/mol. The van der Waals surface area contributed by atoms with Crippen LogP contribution in [0.4, 0.5) is 39.5 Å². The van der Waals surface area contributed by atoms with Crippen LogP contribution in [-0.2, 0) is 12.7 Å². The highest BCUT2D eigenvalue weighted by Crippen LogP contribution is 2.37. The SMILES string of the molecule is O=c1c(-c2cnn(CC(F)(F)C(F)(F)F)c2)c(C(F)(F)F)nc2ccc(F)cn12. The fourth-order valence-corrected chi connectivity index (χ4v) is 2.45. The molecule has 0 saturated heterocycles. The van der Waals surface area contributed by atoms with Gasteiger partial charge in [-0.25, -0.2) is 9.37 Å². The lowest BCUT2D eigenvalue weighted by Crippen LogP contribution is -2.40. The smallest absolute Gasteiger partial charge is 0.268 e. The third-order valence-electron chi connectivity index (χ3n) is 3.75. The quantitative estimate of drug-likeness (QED) is 0.593. The highest BCUT2D eigenvalue weighted by atomic mass is 19.4. The number of hydrogen-bond acceptors (Lipinski definition) is 3. The summed E-state index contributed by atoms with van der Waals surface area (Å²) >= 11 is 0. The van der Waals surface area contributed by atoms with Crippen LogP contribution in [0.15, 0.2) is 35.5 Å². The van der Waals surface area contributed by atoms with Crippen LogP contribution in [0.5, 0.6) is 0 Å². The Morgan fingerprint density at radius 2 is 1.62 bits per heavy atom. The van der Waals surface area contributed by atoms with E-state index in [0.717, 1.165) is 12.1 Å². The molecule has 29 heavy (non-hydrogen) atoms. The van der Waals surface area contributed by atoms with E-state index >= 15 is 0 Å². The molecule has 3 heterocycles. The van der Waals surface area contributed by atoms with Gasteiger partial charge < -0.3 is 0 Å². The standard InChI is InChI=1S/C15H7F9N4O/c16-8-1-2-9-26-11(14(19,20)21)10(12(29)28(9)5-8)7-3-25-27(4-7)6-13(17,18)15(22,23)24/h1-5H,6H2. The molecule has 0 aliphatic carbocycles. The number of fused-ring (bicyclic) bond motifs is 1. The Kier molecular flexibility index (Phi) is 4.62. The van der Waals surface area contributed by atoms with Gasteiger partial charge in [-0.3, -0.25) is 13.9 Å². The molecule has 3 aromatic rings. The molecule has 0 aliphatic heterocycles. The van der Waals surface area contributed by atoms with Gasteiger partial charge in [0.25, 0.3) is 5.56 Å². The minimum atomic E-state index is -5.92. The van der Waals surface area contributed by atoms with Gasteiger partial charge in [0.05, 0.1) is 11.8 Å². The molecule has 0 saturated carbocycles. The second kappa shape index (κ2) is 6.49. The van der Waals surface area contributed by atoms with Crippen molar-refractivity contribution in [2.24, 2.45) is 0 Å². The summed E-state index contributed by atoms with van der Waals surface area (Å²) in [6.07, 6.45) is -9.63. The monoisotopic (exact) mass is 430 g/mol. The molecule has 0 fully saturated rings. The lowest BCUT2D eigenvalue weighted by atomic mass is 10.1. The van der Waals surface area contributed by atoms with Crippen molar-refractivity contribution in [1.29, 1.82) is 0 Å². The number of nitrogens with zero attached hydrogens (tertiary/aromatic N) is 4. The van der Waals surface area contributed by atoms with Crippen molar-refractivity contribution < 1.29 is 39.5 Å². The Labute approximate surface area is 154 Å². The van der Waals surface area contributed by atoms with E-state index in [1.807, 2.05) is 0 Å². The Morgan fingerprint density at radius 3 is 2.21 bits per heavy atom. The molecule has 3 aromatic heterocycles. The van der Waals surface area contributed by atoms with Gasteiger partial charge in [0.2, 0.25) is 0 Å². The molecule has 0 N–H and O–H groups in total. The van der Waals surface area contributed by atoms with Gasteiger partial charge in [0, 0.05) is 18.0 Å². The van der Waals surface area contributed by atoms with Crippen LogP contribution in [0.25, 0.3) is 16.8 Å². The highest BCUT2D eigenvalue weighted by molar-refractivity contribution is 5.66. The average Bonchev–Trinajstić information content (AvgIpc) is 3.00. The molecule has 0 amide bonds. The van der Waals surface area contributed by atoms with Crippen LogP contribution in [0, 0.1) is 5.82 Å². The molecule has 0 spiro atoms. The zero-order valence-corrected chi connectivity index (χ0v) is 13.7. The maximum Gasteiger partial charge on any atom is 0.455 e. The maximum atomic E-state index is 13.4. The van der Waals surface area contributed by atoms with Crippen molar-refractivity contribution >= 4 is 5.65 Å². The van der Waals surface area contributed by atoms with Crippen molar-refractivity contribution in [3.63, 3.8) is 0 Å². The molecule has 0 atom stereocenters. The summed E-state index contributed by atoms with van der Waals surface area (Å²) in [6, 6.07) is 1.57. The molecule has 0 aliphatic rings. The van der Waals surface area contributed by atoms with E-state index in [1.165, 1.54) is 0 Å². The van der Waals surface area contributed by atoms with Crippen LogP contribution < -0.4 is 5.56 Å². The van der Waals surface area contributed by atoms with Gasteiger partial charge in [-0.15, -0.1) is 0 Å². The first-order valence-corrected chi connectivity index (χ1v) is 7.47. The lowest BCUT2D eigenvalue weighted by molar-refractivity contribution is -0.287. The number of pyridine rings is 1. The van der Waals surface area contributed by atoms with E-state index in [4.69, 9.17) is 0 Å². The van der Waals surface area contributed by atoms with Gasteiger partial charge in [0.1, 0.15) is 18.0 Å². The third kappa shape index (κ3) is 3.78. The summed E-state index contributed by atoms with van der Waals surface area (Å²) in [5.41, 5.74) is -5.59. The van der Waals surface area contributed by atoms with Gasteiger partial charge in [-0.2, -0.15) is 40.2 Å². The fraction of sp³-hybridized carbons (Fsp3) is 0.267. The van der Waals surface area contributed by atoms with Crippen molar-refractivity contribution in [3.05, 3.63) is 52.6 Å². The number of halogens is 9. The van der Waals surface area contributed by atoms with E-state index < -0.39 is 58.7 Å². The van der Waals surface area contributed by atoms with E-state index in [-0.39, 0.29) is 4.68 Å². The molecule has 0 unspecified atom stereocenters. The van der Waals surface area contributed by atoms with Gasteiger partial charge >= 0.3 is 18.3 Å². The first-order valence-electron chi connectivity index (χ1n) is 7.47. The van der Waals surface area contributed by atoms with Crippen LogP contribution in [0.3, 0.4) is 0 Å². The third-order valence-corrected chi connectivity index (χ3v) is 3.75. The minimum absolute atomic E-state index is 0.0445. The zero-order chi connectivity index (χ0) is 21.8. The van der Waals surface area contributed by atoms with Crippen molar-refractivity contribution in [2.45, 2.75) is 24.8 Å². The molecule has 3 rings (SSSR count). The van der Waals surface area contributed by atoms with Gasteiger partial charge in [-0.1, -0.05) is 0 Å². The van der Waals surface area contributed by atoms with Crippen LogP contribution in [-0.4, -0.2) is 31.3 Å². The summed E-state index contributed by atoms with van der Waals surface area (Å²) in [5.74, 6) is -6.20. The lowest BCUT2D eigenvalue weighted by Gasteiger charge is -2.19. The molecular weight excluding hydrogens is 423 g/mol. The first kappa shape index (κ1) is 20.7. The molecule has 0 aromatic carbocycles. The molecule has 156 valence electrons. The second-order valence-corrected chi connectivity index (χ2v) is 5.84. The second-order valence-electron chi connectivity index (χ2n) is 5.84. The van der Waals surface area contributed by atoms with E-state index in [2.05, 4.69) is 10.1 Å². The zero-order valence-electron chi connectivity index (χ0n) is 13.7. The van der Waals surface area contributed by atoms with Crippen LogP contribution >= 0.6 is 0 Å². The van der Waals surface area contributed by atoms with Crippen molar-refractivity contribution in [2.75, 3.05) is 0 Å². The Morgan fingerprint density at radius 1 is 0.966 bits per heavy atom. The van der Waals surface area contributed by atoms with Gasteiger partial charge in [0.15, 0.2) is 5.69 Å². The number of hydrogen-bond donors (Lipinski definition) is 0. The Bertz CT molecular complexity index is 1130. The normalized spacial score (nSPS) is 13.3. The van der Waals surface area contributed by atoms with Gasteiger partial charge in [-0.05, 0) is 12.1 Å². The summed E-state index contributed by atoms with van der Waals surface area (Å²) in [6.45, 7) is -2.02. The van der Waals surface area contributed by atoms with Crippen molar-refractivity contribution in [1.82, 2.24) is 19.2 Å². The molecule has 5 nitrogen and oxygen atoms in total. The predicted octanol–water partition coefficient (Wildman–Crippen LogP) is 3.91. The first-order chi connectivity index (χ1) is 13.2. The van der Waals surface area contributed by atoms with Crippen LogP contribution in [0.2, 0.25) is 0 Å². The number of rotatable bonds is 3. The molecular formula is C15H7F9N4O. The van der Waals surface area contributed by atoms with Crippen molar-refractivity contribution in [3.8, 4) is 11.1 Å².